The van der Waals surface area contributed by atoms with Crippen molar-refractivity contribution in [3.05, 3.63) is 46.2 Å². The van der Waals surface area contributed by atoms with Gasteiger partial charge in [-0.1, -0.05) is 6.07 Å². The third-order valence-corrected chi connectivity index (χ3v) is 4.48. The summed E-state index contributed by atoms with van der Waals surface area (Å²) in [5.74, 6) is -0.0219. The Morgan fingerprint density at radius 3 is 2.90 bits per heavy atom. The van der Waals surface area contributed by atoms with Gasteiger partial charge in [-0.25, -0.2) is 4.98 Å². The molecule has 0 spiro atoms. The maximum atomic E-state index is 12.7. The number of amides is 1. The molecule has 2 heterocycles. The van der Waals surface area contributed by atoms with Crippen LogP contribution in [0.15, 0.2) is 29.8 Å². The van der Waals surface area contributed by atoms with Crippen molar-refractivity contribution >= 4 is 17.2 Å². The fourth-order valence-electron chi connectivity index (χ4n) is 2.16. The van der Waals surface area contributed by atoms with Crippen molar-refractivity contribution in [3.63, 3.8) is 0 Å². The van der Waals surface area contributed by atoms with Gasteiger partial charge in [0.15, 0.2) is 0 Å². The van der Waals surface area contributed by atoms with Crippen molar-refractivity contribution in [2.24, 2.45) is 5.73 Å². The molecule has 0 saturated heterocycles. The van der Waals surface area contributed by atoms with E-state index in [9.17, 15) is 4.79 Å². The molecule has 2 N–H and O–H groups in total. The van der Waals surface area contributed by atoms with E-state index in [4.69, 9.17) is 5.73 Å². The highest BCUT2D eigenvalue weighted by molar-refractivity contribution is 7.09. The van der Waals surface area contributed by atoms with Gasteiger partial charge in [0, 0.05) is 17.6 Å². The van der Waals surface area contributed by atoms with Gasteiger partial charge in [0.2, 0.25) is 0 Å². The summed E-state index contributed by atoms with van der Waals surface area (Å²) in [6, 6.07) is 5.94. The topological polar surface area (TPSA) is 72.1 Å². The lowest BCUT2D eigenvalue weighted by atomic mass is 10.3. The molecule has 0 radical (unpaired) electrons. The third-order valence-electron chi connectivity index (χ3n) is 3.44. The molecule has 0 aliphatic heterocycles. The van der Waals surface area contributed by atoms with E-state index >= 15 is 0 Å². The molecular weight excluding hydrogens is 284 g/mol. The van der Waals surface area contributed by atoms with Crippen molar-refractivity contribution in [2.45, 2.75) is 38.4 Å². The minimum atomic E-state index is -0.137. The van der Waals surface area contributed by atoms with Gasteiger partial charge < -0.3 is 10.6 Å². The maximum absolute atomic E-state index is 12.7. The second-order valence-electron chi connectivity index (χ2n) is 5.34. The number of nitrogens with two attached hydrogens (primary N) is 1. The SMILES string of the molecule is CC(N)c1nc(C(=O)N(Cc2ccccn2)C2CC2)cs1. The zero-order valence-corrected chi connectivity index (χ0v) is 12.7. The predicted octanol–water partition coefficient (Wildman–Crippen LogP) is 2.36. The molecule has 1 fully saturated rings. The third kappa shape index (κ3) is 3.28. The summed E-state index contributed by atoms with van der Waals surface area (Å²) in [5, 5.41) is 2.60. The molecule has 1 aliphatic rings. The number of carbonyl (C=O) groups excluding carboxylic acids is 1. The second kappa shape index (κ2) is 5.91. The number of rotatable bonds is 5. The van der Waals surface area contributed by atoms with E-state index in [1.807, 2.05) is 30.0 Å². The van der Waals surface area contributed by atoms with E-state index < -0.39 is 0 Å². The molecule has 1 atom stereocenters. The molecule has 1 amide bonds. The molecule has 2 aromatic heterocycles. The average Bonchev–Trinajstić information content (AvgIpc) is 3.20. The highest BCUT2D eigenvalue weighted by Crippen LogP contribution is 2.30. The second-order valence-corrected chi connectivity index (χ2v) is 6.23. The van der Waals surface area contributed by atoms with E-state index in [2.05, 4.69) is 9.97 Å². The first kappa shape index (κ1) is 14.2. The standard InChI is InChI=1S/C15H18N4OS/c1-10(16)14-18-13(9-21-14)15(20)19(12-5-6-12)8-11-4-2-3-7-17-11/h2-4,7,9-10,12H,5-6,8,16H2,1H3. The Balaban J connectivity index is 1.78. The first-order valence-corrected chi connectivity index (χ1v) is 7.95. The van der Waals surface area contributed by atoms with Gasteiger partial charge in [0.05, 0.1) is 18.3 Å². The Kier molecular flexibility index (Phi) is 3.98. The molecule has 0 bridgehead atoms. The van der Waals surface area contributed by atoms with Gasteiger partial charge in [-0.2, -0.15) is 0 Å². The van der Waals surface area contributed by atoms with Gasteiger partial charge in [-0.15, -0.1) is 11.3 Å². The molecular formula is C15H18N4OS. The normalized spacial score (nSPS) is 15.7. The summed E-state index contributed by atoms with van der Waals surface area (Å²) < 4.78 is 0. The van der Waals surface area contributed by atoms with Crippen LogP contribution in [0.25, 0.3) is 0 Å². The summed E-state index contributed by atoms with van der Waals surface area (Å²) in [5.41, 5.74) is 7.21. The lowest BCUT2D eigenvalue weighted by Gasteiger charge is -2.21. The Labute approximate surface area is 127 Å². The van der Waals surface area contributed by atoms with E-state index in [-0.39, 0.29) is 11.9 Å². The smallest absolute Gasteiger partial charge is 0.273 e. The summed E-state index contributed by atoms with van der Waals surface area (Å²) in [7, 11) is 0. The number of thiazole rings is 1. The van der Waals surface area contributed by atoms with E-state index in [1.165, 1.54) is 11.3 Å². The minimum absolute atomic E-state index is 0.0219. The number of carbonyl (C=O) groups is 1. The van der Waals surface area contributed by atoms with Crippen LogP contribution in [0.3, 0.4) is 0 Å². The van der Waals surface area contributed by atoms with Gasteiger partial charge in [-0.05, 0) is 31.9 Å². The molecule has 5 nitrogen and oxygen atoms in total. The Hall–Kier alpha value is -1.79. The molecule has 1 unspecified atom stereocenters. The summed E-state index contributed by atoms with van der Waals surface area (Å²) >= 11 is 1.44. The lowest BCUT2D eigenvalue weighted by molar-refractivity contribution is 0.0722. The van der Waals surface area contributed by atoms with Crippen molar-refractivity contribution in [1.29, 1.82) is 0 Å². The van der Waals surface area contributed by atoms with Gasteiger partial charge in [0.25, 0.3) is 5.91 Å². The highest BCUT2D eigenvalue weighted by Gasteiger charge is 2.34. The monoisotopic (exact) mass is 302 g/mol. The summed E-state index contributed by atoms with van der Waals surface area (Å²) in [6.07, 6.45) is 3.87. The quantitative estimate of drug-likeness (QED) is 0.920. The molecule has 1 saturated carbocycles. The number of aromatic nitrogens is 2. The van der Waals surface area contributed by atoms with Crippen LogP contribution in [0.4, 0.5) is 0 Å². The number of hydrogen-bond acceptors (Lipinski definition) is 5. The van der Waals surface area contributed by atoms with E-state index in [0.717, 1.165) is 23.5 Å². The van der Waals surface area contributed by atoms with Crippen molar-refractivity contribution in [2.75, 3.05) is 0 Å². The minimum Gasteiger partial charge on any atom is -0.328 e. The van der Waals surface area contributed by atoms with Crippen LogP contribution in [0.5, 0.6) is 0 Å². The van der Waals surface area contributed by atoms with Crippen molar-refractivity contribution in [3.8, 4) is 0 Å². The van der Waals surface area contributed by atoms with Crippen LogP contribution in [0.1, 0.15) is 47.0 Å². The first-order chi connectivity index (χ1) is 10.1. The molecule has 110 valence electrons. The number of pyridine rings is 1. The number of hydrogen-bond donors (Lipinski definition) is 1. The van der Waals surface area contributed by atoms with Crippen molar-refractivity contribution < 1.29 is 4.79 Å². The average molecular weight is 302 g/mol. The molecule has 2 aromatic rings. The van der Waals surface area contributed by atoms with Gasteiger partial charge in [-0.3, -0.25) is 9.78 Å². The molecule has 21 heavy (non-hydrogen) atoms. The zero-order valence-electron chi connectivity index (χ0n) is 11.9. The van der Waals surface area contributed by atoms with Gasteiger partial charge in [0.1, 0.15) is 10.7 Å². The molecule has 3 rings (SSSR count). The summed E-state index contributed by atoms with van der Waals surface area (Å²) in [4.78, 5) is 23.2. The molecule has 0 aromatic carbocycles. The van der Waals surface area contributed by atoms with Crippen LogP contribution in [-0.2, 0) is 6.54 Å². The first-order valence-electron chi connectivity index (χ1n) is 7.07. The Bertz CT molecular complexity index is 622. The predicted molar refractivity (Wildman–Crippen MR) is 81.8 cm³/mol. The fourth-order valence-corrected chi connectivity index (χ4v) is 2.91. The molecule has 1 aliphatic carbocycles. The van der Waals surface area contributed by atoms with Crippen LogP contribution in [0.2, 0.25) is 0 Å². The fraction of sp³-hybridized carbons (Fsp3) is 0.400. The largest absolute Gasteiger partial charge is 0.328 e. The maximum Gasteiger partial charge on any atom is 0.273 e. The van der Waals surface area contributed by atoms with Gasteiger partial charge >= 0.3 is 0 Å². The Morgan fingerprint density at radius 1 is 1.52 bits per heavy atom. The van der Waals surface area contributed by atoms with Crippen LogP contribution >= 0.6 is 11.3 Å². The Morgan fingerprint density at radius 2 is 2.33 bits per heavy atom. The van der Waals surface area contributed by atoms with Crippen molar-refractivity contribution in [1.82, 2.24) is 14.9 Å². The van der Waals surface area contributed by atoms with E-state index in [1.54, 1.807) is 11.6 Å². The summed E-state index contributed by atoms with van der Waals surface area (Å²) in [6.45, 7) is 2.41. The zero-order chi connectivity index (χ0) is 14.8. The van der Waals surface area contributed by atoms with Crippen LogP contribution in [0, 0.1) is 0 Å². The number of nitrogens with zero attached hydrogens (tertiary/aromatic N) is 3. The molecule has 6 heteroatoms. The van der Waals surface area contributed by atoms with Crippen LogP contribution < -0.4 is 5.73 Å². The van der Waals surface area contributed by atoms with E-state index in [0.29, 0.717) is 18.3 Å². The van der Waals surface area contributed by atoms with Crippen LogP contribution in [-0.4, -0.2) is 26.8 Å². The highest BCUT2D eigenvalue weighted by atomic mass is 32.1. The lowest BCUT2D eigenvalue weighted by Crippen LogP contribution is -2.33.